The Balaban J connectivity index is 2.18. The summed E-state index contributed by atoms with van der Waals surface area (Å²) >= 11 is 6.64. The fourth-order valence-electron chi connectivity index (χ4n) is 1.87. The predicted octanol–water partition coefficient (Wildman–Crippen LogP) is 3.55. The highest BCUT2D eigenvalue weighted by Crippen LogP contribution is 2.33. The van der Waals surface area contributed by atoms with Crippen molar-refractivity contribution in [1.82, 2.24) is 4.90 Å². The number of thioether (sulfide) groups is 1. The van der Waals surface area contributed by atoms with Crippen LogP contribution in [0.25, 0.3) is 6.08 Å². The molecule has 3 nitrogen and oxygen atoms in total. The maximum Gasteiger partial charge on any atom is 0.266 e. The molecule has 1 aliphatic heterocycles. The van der Waals surface area contributed by atoms with Gasteiger partial charge in [-0.25, -0.2) is 0 Å². The minimum Gasteiger partial charge on any atom is -0.497 e. The highest BCUT2D eigenvalue weighted by atomic mass is 32.2. The summed E-state index contributed by atoms with van der Waals surface area (Å²) in [6.07, 6.45) is 1.87. The Morgan fingerprint density at radius 3 is 2.55 bits per heavy atom. The number of amides is 1. The number of hydrogen-bond acceptors (Lipinski definition) is 4. The van der Waals surface area contributed by atoms with Crippen molar-refractivity contribution in [3.05, 3.63) is 34.7 Å². The highest BCUT2D eigenvalue weighted by molar-refractivity contribution is 8.26. The molecule has 1 saturated heterocycles. The normalized spacial score (nSPS) is 17.4. The molecule has 5 heteroatoms. The molecule has 1 aromatic rings. The van der Waals surface area contributed by atoms with Crippen LogP contribution in [-0.2, 0) is 4.79 Å². The zero-order valence-corrected chi connectivity index (χ0v) is 13.4. The van der Waals surface area contributed by atoms with Crippen molar-refractivity contribution in [3.8, 4) is 5.75 Å². The predicted molar refractivity (Wildman–Crippen MR) is 87.7 cm³/mol. The standard InChI is InChI=1S/C15H17NO2S2/c1-10(2)9-16-14(17)13(20-15(16)19)8-11-4-6-12(18-3)7-5-11/h4-8,10H,9H2,1-3H3/b13-8-. The summed E-state index contributed by atoms with van der Waals surface area (Å²) in [5.41, 5.74) is 0.968. The van der Waals surface area contributed by atoms with Gasteiger partial charge in [0.15, 0.2) is 0 Å². The van der Waals surface area contributed by atoms with Gasteiger partial charge in [0.2, 0.25) is 0 Å². The number of ether oxygens (including phenoxy) is 1. The molecule has 1 fully saturated rings. The van der Waals surface area contributed by atoms with E-state index >= 15 is 0 Å². The van der Waals surface area contributed by atoms with Gasteiger partial charge in [0.1, 0.15) is 10.1 Å². The Bertz CT molecular complexity index is 549. The number of methoxy groups -OCH3 is 1. The van der Waals surface area contributed by atoms with Gasteiger partial charge in [0.25, 0.3) is 5.91 Å². The number of benzene rings is 1. The Labute approximate surface area is 129 Å². The molecule has 1 aliphatic rings. The van der Waals surface area contributed by atoms with Crippen molar-refractivity contribution >= 4 is 40.3 Å². The molecule has 0 saturated carbocycles. The van der Waals surface area contributed by atoms with E-state index in [1.165, 1.54) is 11.8 Å². The smallest absolute Gasteiger partial charge is 0.266 e. The van der Waals surface area contributed by atoms with E-state index in [9.17, 15) is 4.79 Å². The Morgan fingerprint density at radius 1 is 1.35 bits per heavy atom. The van der Waals surface area contributed by atoms with E-state index in [0.717, 1.165) is 11.3 Å². The third kappa shape index (κ3) is 3.41. The molecule has 0 spiro atoms. The molecule has 2 rings (SSSR count). The summed E-state index contributed by atoms with van der Waals surface area (Å²) in [5.74, 6) is 1.21. The third-order valence-electron chi connectivity index (χ3n) is 2.83. The first kappa shape index (κ1) is 15.1. The van der Waals surface area contributed by atoms with Gasteiger partial charge in [0.05, 0.1) is 12.0 Å². The lowest BCUT2D eigenvalue weighted by Crippen LogP contribution is -2.31. The molecule has 1 aromatic carbocycles. The highest BCUT2D eigenvalue weighted by Gasteiger charge is 2.32. The molecule has 1 amide bonds. The van der Waals surface area contributed by atoms with Crippen LogP contribution in [0.4, 0.5) is 0 Å². The first-order valence-electron chi connectivity index (χ1n) is 6.40. The fraction of sp³-hybridized carbons (Fsp3) is 0.333. The fourth-order valence-corrected chi connectivity index (χ4v) is 3.15. The molecule has 0 aliphatic carbocycles. The summed E-state index contributed by atoms with van der Waals surface area (Å²) in [6.45, 7) is 4.82. The number of carbonyl (C=O) groups is 1. The largest absolute Gasteiger partial charge is 0.497 e. The summed E-state index contributed by atoms with van der Waals surface area (Å²) in [5, 5.41) is 0. The maximum absolute atomic E-state index is 12.3. The van der Waals surface area contributed by atoms with E-state index in [0.29, 0.717) is 21.7 Å². The van der Waals surface area contributed by atoms with Gasteiger partial charge in [-0.05, 0) is 29.7 Å². The van der Waals surface area contributed by atoms with Crippen molar-refractivity contribution in [2.75, 3.05) is 13.7 Å². The van der Waals surface area contributed by atoms with E-state index < -0.39 is 0 Å². The van der Waals surface area contributed by atoms with Crippen LogP contribution in [0.2, 0.25) is 0 Å². The second kappa shape index (κ2) is 6.41. The minimum absolute atomic E-state index is 0.00418. The third-order valence-corrected chi connectivity index (χ3v) is 4.21. The molecule has 1 heterocycles. The Morgan fingerprint density at radius 2 is 2.00 bits per heavy atom. The summed E-state index contributed by atoms with van der Waals surface area (Å²) in [7, 11) is 1.63. The van der Waals surface area contributed by atoms with Crippen LogP contribution in [0.5, 0.6) is 5.75 Å². The van der Waals surface area contributed by atoms with E-state index in [1.807, 2.05) is 30.3 Å². The number of thiocarbonyl (C=S) groups is 1. The second-order valence-corrected chi connectivity index (χ2v) is 6.64. The van der Waals surface area contributed by atoms with Gasteiger partial charge in [0, 0.05) is 6.54 Å². The number of nitrogens with zero attached hydrogens (tertiary/aromatic N) is 1. The number of carbonyl (C=O) groups excluding carboxylic acids is 1. The molecular weight excluding hydrogens is 290 g/mol. The first-order valence-corrected chi connectivity index (χ1v) is 7.63. The van der Waals surface area contributed by atoms with Crippen LogP contribution in [-0.4, -0.2) is 28.8 Å². The van der Waals surface area contributed by atoms with Gasteiger partial charge >= 0.3 is 0 Å². The van der Waals surface area contributed by atoms with Crippen molar-refractivity contribution in [2.45, 2.75) is 13.8 Å². The van der Waals surface area contributed by atoms with Crippen molar-refractivity contribution in [3.63, 3.8) is 0 Å². The zero-order valence-electron chi connectivity index (χ0n) is 11.8. The summed E-state index contributed by atoms with van der Waals surface area (Å²) in [6, 6.07) is 7.60. The molecule has 0 atom stereocenters. The molecule has 0 aromatic heterocycles. The van der Waals surface area contributed by atoms with Crippen LogP contribution < -0.4 is 4.74 Å². The Hall–Kier alpha value is -1.33. The van der Waals surface area contributed by atoms with Crippen LogP contribution in [0.1, 0.15) is 19.4 Å². The van der Waals surface area contributed by atoms with Crippen LogP contribution in [0.3, 0.4) is 0 Å². The van der Waals surface area contributed by atoms with Gasteiger partial charge in [-0.2, -0.15) is 0 Å². The second-order valence-electron chi connectivity index (χ2n) is 4.96. The SMILES string of the molecule is COc1ccc(/C=C2\SC(=S)N(CC(C)C)C2=O)cc1. The summed E-state index contributed by atoms with van der Waals surface area (Å²) in [4.78, 5) is 14.7. The van der Waals surface area contributed by atoms with E-state index in [4.69, 9.17) is 17.0 Å². The van der Waals surface area contributed by atoms with Gasteiger partial charge < -0.3 is 4.74 Å². The lowest BCUT2D eigenvalue weighted by molar-refractivity contribution is -0.122. The lowest BCUT2D eigenvalue weighted by atomic mass is 10.2. The number of rotatable bonds is 4. The molecule has 106 valence electrons. The van der Waals surface area contributed by atoms with E-state index in [1.54, 1.807) is 12.0 Å². The maximum atomic E-state index is 12.3. The topological polar surface area (TPSA) is 29.5 Å². The van der Waals surface area contributed by atoms with Crippen LogP contribution in [0.15, 0.2) is 29.2 Å². The molecule has 0 bridgehead atoms. The van der Waals surface area contributed by atoms with Crippen molar-refractivity contribution in [2.24, 2.45) is 5.92 Å². The van der Waals surface area contributed by atoms with Crippen molar-refractivity contribution < 1.29 is 9.53 Å². The zero-order chi connectivity index (χ0) is 14.7. The monoisotopic (exact) mass is 307 g/mol. The van der Waals surface area contributed by atoms with Crippen molar-refractivity contribution in [1.29, 1.82) is 0 Å². The molecule has 0 radical (unpaired) electrons. The molecule has 20 heavy (non-hydrogen) atoms. The molecule has 0 unspecified atom stereocenters. The quantitative estimate of drug-likeness (QED) is 0.628. The average Bonchev–Trinajstić information content (AvgIpc) is 2.67. The summed E-state index contributed by atoms with van der Waals surface area (Å²) < 4.78 is 5.76. The van der Waals surface area contributed by atoms with Crippen LogP contribution in [0, 0.1) is 5.92 Å². The Kier molecular flexibility index (Phi) is 4.83. The minimum atomic E-state index is 0.00418. The van der Waals surface area contributed by atoms with Crippen LogP contribution >= 0.6 is 24.0 Å². The average molecular weight is 307 g/mol. The van der Waals surface area contributed by atoms with Gasteiger partial charge in [-0.1, -0.05) is 50.0 Å². The first-order chi connectivity index (χ1) is 9.51. The van der Waals surface area contributed by atoms with E-state index in [-0.39, 0.29) is 5.91 Å². The molecule has 0 N–H and O–H groups in total. The van der Waals surface area contributed by atoms with E-state index in [2.05, 4.69) is 13.8 Å². The van der Waals surface area contributed by atoms with Gasteiger partial charge in [-0.3, -0.25) is 9.69 Å². The molecular formula is C15H17NO2S2. The van der Waals surface area contributed by atoms with Gasteiger partial charge in [-0.15, -0.1) is 0 Å². The number of hydrogen-bond donors (Lipinski definition) is 0. The lowest BCUT2D eigenvalue weighted by Gasteiger charge is -2.16.